The van der Waals surface area contributed by atoms with Crippen molar-refractivity contribution >= 4 is 27.6 Å². The van der Waals surface area contributed by atoms with Crippen LogP contribution in [-0.2, 0) is 26.6 Å². The molecular weight excluding hydrogens is 390 g/mol. The number of amides is 1. The molecule has 0 fully saturated rings. The van der Waals surface area contributed by atoms with Gasteiger partial charge in [0.25, 0.3) is 5.91 Å². The zero-order valence-corrected chi connectivity index (χ0v) is 16.8. The van der Waals surface area contributed by atoms with Crippen LogP contribution >= 0.6 is 11.3 Å². The van der Waals surface area contributed by atoms with Crippen molar-refractivity contribution in [2.75, 3.05) is 7.05 Å². The number of aryl methyl sites for hydroxylation is 1. The lowest BCUT2D eigenvalue weighted by molar-refractivity contribution is -0.0123. The van der Waals surface area contributed by atoms with Gasteiger partial charge in [-0.1, -0.05) is 6.07 Å². The maximum atomic E-state index is 13.3. The monoisotopic (exact) mass is 409 g/mol. The molecule has 0 saturated heterocycles. The number of carbonyl (C=O) groups is 1. The number of hydrogen-bond acceptors (Lipinski definition) is 6. The first-order valence-corrected chi connectivity index (χ1v) is 9.99. The standard InChI is InChI=1S/C19H19N7O2S/c1-24-10-13-16(19(28)26(24)9-12-4-3-5-14(27)21-12)25(2)18-17(13)29-15(22-18)8-11-6-7-20-23-11/h3-7H,8-10H2,1-2H3,(H,20,23)(H,21,27). The lowest BCUT2D eigenvalue weighted by Crippen LogP contribution is -2.47. The highest BCUT2D eigenvalue weighted by Gasteiger charge is 2.35. The summed E-state index contributed by atoms with van der Waals surface area (Å²) >= 11 is 1.62. The van der Waals surface area contributed by atoms with Crippen LogP contribution in [0.5, 0.6) is 0 Å². The number of H-pyrrole nitrogens is 2. The van der Waals surface area contributed by atoms with Gasteiger partial charge < -0.3 is 9.55 Å². The van der Waals surface area contributed by atoms with Gasteiger partial charge in [-0.2, -0.15) is 5.10 Å². The molecule has 0 bridgehead atoms. The van der Waals surface area contributed by atoms with Gasteiger partial charge in [-0.15, -0.1) is 11.3 Å². The van der Waals surface area contributed by atoms with E-state index in [4.69, 9.17) is 4.98 Å². The maximum Gasteiger partial charge on any atom is 0.285 e. The minimum absolute atomic E-state index is 0.0960. The van der Waals surface area contributed by atoms with Crippen molar-refractivity contribution in [3.63, 3.8) is 0 Å². The molecule has 5 rings (SSSR count). The van der Waals surface area contributed by atoms with E-state index in [2.05, 4.69) is 15.2 Å². The summed E-state index contributed by atoms with van der Waals surface area (Å²) in [4.78, 5) is 32.4. The molecule has 1 amide bonds. The number of carbonyl (C=O) groups excluding carboxylic acids is 1. The Morgan fingerprint density at radius 2 is 2.03 bits per heavy atom. The number of aromatic amines is 2. The van der Waals surface area contributed by atoms with Gasteiger partial charge in [0, 0.05) is 56.3 Å². The lowest BCUT2D eigenvalue weighted by atomic mass is 10.1. The minimum atomic E-state index is -0.177. The smallest absolute Gasteiger partial charge is 0.285 e. The van der Waals surface area contributed by atoms with E-state index in [0.29, 0.717) is 30.9 Å². The van der Waals surface area contributed by atoms with E-state index in [1.807, 2.05) is 35.8 Å². The van der Waals surface area contributed by atoms with Crippen LogP contribution in [0.3, 0.4) is 0 Å². The third-order valence-corrected chi connectivity index (χ3v) is 6.26. The summed E-state index contributed by atoms with van der Waals surface area (Å²) in [6.45, 7) is 0.906. The summed E-state index contributed by atoms with van der Waals surface area (Å²) in [5.41, 5.74) is 4.01. The zero-order chi connectivity index (χ0) is 20.1. The fourth-order valence-corrected chi connectivity index (χ4v) is 4.92. The van der Waals surface area contributed by atoms with Crippen molar-refractivity contribution < 1.29 is 4.79 Å². The second kappa shape index (κ2) is 6.68. The molecule has 29 heavy (non-hydrogen) atoms. The summed E-state index contributed by atoms with van der Waals surface area (Å²) < 4.78 is 2.93. The van der Waals surface area contributed by atoms with Gasteiger partial charge in [-0.05, 0) is 12.1 Å². The predicted molar refractivity (Wildman–Crippen MR) is 108 cm³/mol. The first-order valence-electron chi connectivity index (χ1n) is 9.17. The molecule has 4 aromatic rings. The Labute approximate surface area is 169 Å². The van der Waals surface area contributed by atoms with E-state index < -0.39 is 0 Å². The molecule has 0 atom stereocenters. The summed E-state index contributed by atoms with van der Waals surface area (Å²) in [6.07, 6.45) is 2.41. The highest BCUT2D eigenvalue weighted by molar-refractivity contribution is 7.18. The number of hydrazine groups is 1. The summed E-state index contributed by atoms with van der Waals surface area (Å²) in [7, 11) is 3.76. The molecule has 10 heteroatoms. The van der Waals surface area contributed by atoms with Crippen molar-refractivity contribution in [1.82, 2.24) is 34.8 Å². The quantitative estimate of drug-likeness (QED) is 0.533. The van der Waals surface area contributed by atoms with Crippen molar-refractivity contribution in [1.29, 1.82) is 0 Å². The van der Waals surface area contributed by atoms with Crippen LogP contribution < -0.4 is 5.56 Å². The van der Waals surface area contributed by atoms with Crippen LogP contribution in [0.1, 0.15) is 32.4 Å². The van der Waals surface area contributed by atoms with E-state index in [1.165, 1.54) is 6.07 Å². The maximum absolute atomic E-state index is 13.3. The number of rotatable bonds is 4. The van der Waals surface area contributed by atoms with Crippen molar-refractivity contribution in [2.45, 2.75) is 19.5 Å². The zero-order valence-electron chi connectivity index (χ0n) is 16.0. The highest BCUT2D eigenvalue weighted by atomic mass is 32.1. The Bertz CT molecular complexity index is 1270. The molecule has 4 aromatic heterocycles. The molecule has 148 valence electrons. The SMILES string of the molecule is CN1Cc2c(n(C)c3nc(Cc4ccn[nH]4)sc23)C(=O)N1Cc1cccc(=O)[nH]1. The van der Waals surface area contributed by atoms with Crippen LogP contribution in [0.2, 0.25) is 0 Å². The number of hydrogen-bond donors (Lipinski definition) is 2. The average Bonchev–Trinajstić information content (AvgIpc) is 3.39. The molecule has 5 heterocycles. The minimum Gasteiger partial charge on any atom is -0.324 e. The Hall–Kier alpha value is -3.24. The van der Waals surface area contributed by atoms with Gasteiger partial charge in [0.05, 0.1) is 11.2 Å². The van der Waals surface area contributed by atoms with E-state index >= 15 is 0 Å². The number of nitrogens with one attached hydrogen (secondary N) is 2. The Balaban J connectivity index is 1.50. The molecule has 0 unspecified atom stereocenters. The molecule has 0 saturated carbocycles. The lowest BCUT2D eigenvalue weighted by Gasteiger charge is -2.36. The van der Waals surface area contributed by atoms with Crippen LogP contribution in [0.25, 0.3) is 10.3 Å². The number of thiazole rings is 1. The van der Waals surface area contributed by atoms with E-state index in [-0.39, 0.29) is 11.5 Å². The fraction of sp³-hybridized carbons (Fsp3) is 0.263. The summed E-state index contributed by atoms with van der Waals surface area (Å²) in [5, 5.41) is 11.5. The van der Waals surface area contributed by atoms with Crippen molar-refractivity contribution in [2.24, 2.45) is 7.05 Å². The second-order valence-corrected chi connectivity index (χ2v) is 8.21. The van der Waals surface area contributed by atoms with Gasteiger partial charge >= 0.3 is 0 Å². The Morgan fingerprint density at radius 1 is 1.17 bits per heavy atom. The van der Waals surface area contributed by atoms with Gasteiger partial charge in [0.1, 0.15) is 10.7 Å². The predicted octanol–water partition coefficient (Wildman–Crippen LogP) is 1.64. The number of fused-ring (bicyclic) bond motifs is 3. The van der Waals surface area contributed by atoms with E-state index in [0.717, 1.165) is 26.6 Å². The Kier molecular flexibility index (Phi) is 4.10. The molecule has 0 spiro atoms. The summed E-state index contributed by atoms with van der Waals surface area (Å²) in [5.74, 6) is -0.0960. The molecule has 2 N–H and O–H groups in total. The summed E-state index contributed by atoms with van der Waals surface area (Å²) in [6, 6.07) is 6.90. The van der Waals surface area contributed by atoms with Crippen LogP contribution in [-0.4, -0.2) is 47.7 Å². The molecule has 0 radical (unpaired) electrons. The second-order valence-electron chi connectivity index (χ2n) is 7.12. The average molecular weight is 409 g/mol. The van der Waals surface area contributed by atoms with Gasteiger partial charge in [0.15, 0.2) is 5.65 Å². The topological polar surface area (TPSA) is 103 Å². The van der Waals surface area contributed by atoms with E-state index in [1.54, 1.807) is 28.6 Å². The number of aromatic nitrogens is 5. The van der Waals surface area contributed by atoms with Crippen LogP contribution in [0.15, 0.2) is 35.3 Å². The number of nitrogens with zero attached hydrogens (tertiary/aromatic N) is 5. The number of pyridine rings is 1. The van der Waals surface area contributed by atoms with Crippen LogP contribution in [0.4, 0.5) is 0 Å². The largest absolute Gasteiger partial charge is 0.324 e. The van der Waals surface area contributed by atoms with Gasteiger partial charge in [-0.3, -0.25) is 19.7 Å². The third kappa shape index (κ3) is 2.97. The van der Waals surface area contributed by atoms with Crippen molar-refractivity contribution in [3.05, 3.63) is 68.5 Å². The molecular formula is C19H19N7O2S. The fourth-order valence-electron chi connectivity index (χ4n) is 3.77. The molecule has 1 aliphatic heterocycles. The van der Waals surface area contributed by atoms with Gasteiger partial charge in [0.2, 0.25) is 5.56 Å². The van der Waals surface area contributed by atoms with Crippen LogP contribution in [0, 0.1) is 0 Å². The molecule has 1 aliphatic rings. The highest BCUT2D eigenvalue weighted by Crippen LogP contribution is 2.35. The van der Waals surface area contributed by atoms with E-state index in [9.17, 15) is 9.59 Å². The molecule has 0 aliphatic carbocycles. The third-order valence-electron chi connectivity index (χ3n) is 5.15. The molecule has 9 nitrogen and oxygen atoms in total. The van der Waals surface area contributed by atoms with Crippen molar-refractivity contribution in [3.8, 4) is 0 Å². The molecule has 0 aromatic carbocycles. The first kappa shape index (κ1) is 17.8. The first-order chi connectivity index (χ1) is 14.0. The normalized spacial score (nSPS) is 14.7. The van der Waals surface area contributed by atoms with Gasteiger partial charge in [-0.25, -0.2) is 9.99 Å². The Morgan fingerprint density at radius 3 is 2.79 bits per heavy atom.